The number of nitrogens with zero attached hydrogens (tertiary/aromatic N) is 2. The number of rotatable bonds is 10. The summed E-state index contributed by atoms with van der Waals surface area (Å²) in [6.45, 7) is 7.05. The van der Waals surface area contributed by atoms with Crippen molar-refractivity contribution < 1.29 is 9.52 Å². The first-order valence-corrected chi connectivity index (χ1v) is 11.1. The third kappa shape index (κ3) is 6.97. The fourth-order valence-electron chi connectivity index (χ4n) is 3.54. The van der Waals surface area contributed by atoms with Gasteiger partial charge in [-0.1, -0.05) is 54.6 Å². The van der Waals surface area contributed by atoms with Gasteiger partial charge in [0.05, 0.1) is 25.9 Å². The third-order valence-electron chi connectivity index (χ3n) is 5.31. The molecule has 0 amide bonds. The summed E-state index contributed by atoms with van der Waals surface area (Å²) in [5.41, 5.74) is 2.28. The van der Waals surface area contributed by atoms with Crippen molar-refractivity contribution in [3.63, 3.8) is 0 Å². The Labute approximate surface area is 191 Å². The minimum absolute atomic E-state index is 0.358. The molecule has 1 atom stereocenters. The number of hydrogen-bond donors (Lipinski definition) is 3. The summed E-state index contributed by atoms with van der Waals surface area (Å²) in [4.78, 5) is 6.99. The monoisotopic (exact) mass is 434 g/mol. The Morgan fingerprint density at radius 2 is 1.69 bits per heavy atom. The zero-order chi connectivity index (χ0) is 22.8. The van der Waals surface area contributed by atoms with Crippen molar-refractivity contribution in [3.8, 4) is 0 Å². The molecule has 0 radical (unpaired) electrons. The van der Waals surface area contributed by atoms with Crippen LogP contribution in [0.2, 0.25) is 0 Å². The van der Waals surface area contributed by atoms with Crippen LogP contribution in [0, 0.1) is 0 Å². The quantitative estimate of drug-likeness (QED) is 0.334. The molecule has 0 fully saturated rings. The van der Waals surface area contributed by atoms with Gasteiger partial charge in [0, 0.05) is 13.1 Å². The molecule has 32 heavy (non-hydrogen) atoms. The van der Waals surface area contributed by atoms with Crippen LogP contribution in [-0.2, 0) is 25.2 Å². The summed E-state index contributed by atoms with van der Waals surface area (Å²) in [5, 5.41) is 17.4. The van der Waals surface area contributed by atoms with Crippen molar-refractivity contribution in [2.24, 2.45) is 4.99 Å². The van der Waals surface area contributed by atoms with E-state index in [-0.39, 0.29) is 0 Å². The second-order valence-corrected chi connectivity index (χ2v) is 8.21. The largest absolute Gasteiger partial charge is 0.468 e. The van der Waals surface area contributed by atoms with E-state index in [1.54, 1.807) is 6.26 Å². The first-order valence-electron chi connectivity index (χ1n) is 11.1. The predicted molar refractivity (Wildman–Crippen MR) is 129 cm³/mol. The number of guanidine groups is 1. The number of benzene rings is 2. The normalized spacial score (nSPS) is 13.7. The SMILES string of the molecule is CCNC(=NCc1ccccc1CN(C)Cc1ccco1)NCC(C)(O)c1ccccc1. The van der Waals surface area contributed by atoms with Crippen LogP contribution < -0.4 is 10.6 Å². The smallest absolute Gasteiger partial charge is 0.191 e. The van der Waals surface area contributed by atoms with E-state index in [2.05, 4.69) is 40.8 Å². The van der Waals surface area contributed by atoms with Crippen molar-refractivity contribution in [3.05, 3.63) is 95.4 Å². The lowest BCUT2D eigenvalue weighted by molar-refractivity contribution is 0.0617. The van der Waals surface area contributed by atoms with Crippen LogP contribution in [0.3, 0.4) is 0 Å². The van der Waals surface area contributed by atoms with Crippen molar-refractivity contribution in [1.82, 2.24) is 15.5 Å². The molecule has 0 saturated heterocycles. The van der Waals surface area contributed by atoms with Crippen LogP contribution in [0.5, 0.6) is 0 Å². The van der Waals surface area contributed by atoms with Gasteiger partial charge in [0.2, 0.25) is 0 Å². The summed E-state index contributed by atoms with van der Waals surface area (Å²) in [5.74, 6) is 1.63. The molecule has 3 N–H and O–H groups in total. The van der Waals surface area contributed by atoms with Gasteiger partial charge < -0.3 is 20.2 Å². The average Bonchev–Trinajstić information content (AvgIpc) is 3.30. The van der Waals surface area contributed by atoms with Crippen LogP contribution in [0.1, 0.15) is 36.3 Å². The second kappa shape index (κ2) is 11.5. The molecule has 1 aromatic heterocycles. The standard InChI is InChI=1S/C26H34N4O2/c1-4-27-25(29-20-26(2,31)23-13-6-5-7-14-23)28-17-21-11-8-9-12-22(21)18-30(3)19-24-15-10-16-32-24/h5-16,31H,4,17-20H2,1-3H3,(H2,27,28,29). The first-order chi connectivity index (χ1) is 15.5. The molecule has 2 aromatic carbocycles. The van der Waals surface area contributed by atoms with E-state index in [4.69, 9.17) is 9.41 Å². The average molecular weight is 435 g/mol. The highest BCUT2D eigenvalue weighted by atomic mass is 16.3. The molecule has 6 heteroatoms. The lowest BCUT2D eigenvalue weighted by atomic mass is 9.96. The Morgan fingerprint density at radius 3 is 2.38 bits per heavy atom. The fraction of sp³-hybridized carbons (Fsp3) is 0.346. The summed E-state index contributed by atoms with van der Waals surface area (Å²) < 4.78 is 5.46. The van der Waals surface area contributed by atoms with E-state index in [1.807, 2.05) is 62.4 Å². The van der Waals surface area contributed by atoms with Gasteiger partial charge in [-0.25, -0.2) is 4.99 Å². The van der Waals surface area contributed by atoms with Crippen molar-refractivity contribution in [2.45, 2.75) is 39.1 Å². The fourth-order valence-corrected chi connectivity index (χ4v) is 3.54. The van der Waals surface area contributed by atoms with Crippen molar-refractivity contribution in [1.29, 1.82) is 0 Å². The van der Waals surface area contributed by atoms with Crippen LogP contribution >= 0.6 is 0 Å². The molecule has 3 aromatic rings. The van der Waals surface area contributed by atoms with E-state index in [1.165, 1.54) is 11.1 Å². The number of hydrogen-bond acceptors (Lipinski definition) is 4. The van der Waals surface area contributed by atoms with Gasteiger partial charge >= 0.3 is 0 Å². The maximum atomic E-state index is 10.9. The molecule has 0 bridgehead atoms. The minimum Gasteiger partial charge on any atom is -0.468 e. The molecule has 0 aliphatic heterocycles. The van der Waals surface area contributed by atoms with Gasteiger partial charge in [-0.15, -0.1) is 0 Å². The zero-order valence-electron chi connectivity index (χ0n) is 19.2. The van der Waals surface area contributed by atoms with Crippen LogP contribution in [0.15, 0.2) is 82.4 Å². The van der Waals surface area contributed by atoms with Gasteiger partial charge in [0.25, 0.3) is 0 Å². The second-order valence-electron chi connectivity index (χ2n) is 8.21. The van der Waals surface area contributed by atoms with Gasteiger partial charge in [-0.3, -0.25) is 4.90 Å². The maximum absolute atomic E-state index is 10.9. The molecule has 0 aliphatic rings. The summed E-state index contributed by atoms with van der Waals surface area (Å²) in [6.07, 6.45) is 1.70. The predicted octanol–water partition coefficient (Wildman–Crippen LogP) is 3.87. The topological polar surface area (TPSA) is 73.0 Å². The molecular weight excluding hydrogens is 400 g/mol. The van der Waals surface area contributed by atoms with Crippen LogP contribution in [0.25, 0.3) is 0 Å². The van der Waals surface area contributed by atoms with E-state index in [9.17, 15) is 5.11 Å². The van der Waals surface area contributed by atoms with Gasteiger partial charge in [0.15, 0.2) is 5.96 Å². The molecule has 170 valence electrons. The lowest BCUT2D eigenvalue weighted by Crippen LogP contribution is -2.44. The lowest BCUT2D eigenvalue weighted by Gasteiger charge is -2.25. The Hall–Kier alpha value is -3.09. The Morgan fingerprint density at radius 1 is 0.969 bits per heavy atom. The van der Waals surface area contributed by atoms with Gasteiger partial charge in [-0.2, -0.15) is 0 Å². The van der Waals surface area contributed by atoms with Crippen molar-refractivity contribution in [2.75, 3.05) is 20.1 Å². The number of aliphatic hydroxyl groups is 1. The van der Waals surface area contributed by atoms with Crippen LogP contribution in [0.4, 0.5) is 0 Å². The van der Waals surface area contributed by atoms with Crippen LogP contribution in [-0.4, -0.2) is 36.1 Å². The molecule has 3 rings (SSSR count). The summed E-state index contributed by atoms with van der Waals surface area (Å²) in [6, 6.07) is 21.9. The van der Waals surface area contributed by atoms with E-state index >= 15 is 0 Å². The molecule has 6 nitrogen and oxygen atoms in total. The zero-order valence-corrected chi connectivity index (χ0v) is 19.2. The third-order valence-corrected chi connectivity index (χ3v) is 5.31. The van der Waals surface area contributed by atoms with E-state index < -0.39 is 5.60 Å². The first kappa shape index (κ1) is 23.6. The molecule has 0 saturated carbocycles. The highest BCUT2D eigenvalue weighted by Gasteiger charge is 2.23. The molecular formula is C26H34N4O2. The molecule has 1 heterocycles. The van der Waals surface area contributed by atoms with Crippen molar-refractivity contribution >= 4 is 5.96 Å². The highest BCUT2D eigenvalue weighted by Crippen LogP contribution is 2.19. The summed E-state index contributed by atoms with van der Waals surface area (Å²) in [7, 11) is 2.08. The van der Waals surface area contributed by atoms with E-state index in [0.717, 1.165) is 31.0 Å². The van der Waals surface area contributed by atoms with Gasteiger partial charge in [-0.05, 0) is 49.7 Å². The Balaban J connectivity index is 1.64. The van der Waals surface area contributed by atoms with E-state index in [0.29, 0.717) is 19.0 Å². The highest BCUT2D eigenvalue weighted by molar-refractivity contribution is 5.79. The molecule has 0 aliphatic carbocycles. The molecule has 1 unspecified atom stereocenters. The Bertz CT molecular complexity index is 969. The van der Waals surface area contributed by atoms with Gasteiger partial charge in [0.1, 0.15) is 11.4 Å². The summed E-state index contributed by atoms with van der Waals surface area (Å²) >= 11 is 0. The molecule has 0 spiro atoms. The number of aliphatic imine (C=N–C) groups is 1. The Kier molecular flexibility index (Phi) is 8.48. The number of furan rings is 1. The number of nitrogens with one attached hydrogen (secondary N) is 2. The minimum atomic E-state index is -0.996. The maximum Gasteiger partial charge on any atom is 0.191 e.